The van der Waals surface area contributed by atoms with E-state index in [-0.39, 0.29) is 0 Å². The summed E-state index contributed by atoms with van der Waals surface area (Å²) in [7, 11) is 0. The summed E-state index contributed by atoms with van der Waals surface area (Å²) in [6.07, 6.45) is 1.12. The van der Waals surface area contributed by atoms with Gasteiger partial charge in [0.1, 0.15) is 0 Å². The minimum atomic E-state index is 0.840. The van der Waals surface area contributed by atoms with E-state index in [0.29, 0.717) is 0 Å². The third kappa shape index (κ3) is 3.08. The monoisotopic (exact) mass is 271 g/mol. The van der Waals surface area contributed by atoms with Gasteiger partial charge in [0.05, 0.1) is 5.02 Å². The minimum Gasteiger partial charge on any atom is -0.307 e. The van der Waals surface area contributed by atoms with Crippen molar-refractivity contribution < 1.29 is 0 Å². The van der Waals surface area contributed by atoms with Crippen LogP contribution in [-0.4, -0.2) is 0 Å². The number of hydrogen-bond acceptors (Lipinski definition) is 3. The predicted molar refractivity (Wildman–Crippen MR) is 73.6 cm³/mol. The fraction of sp³-hybridized carbons (Fsp3) is 0.333. The molecule has 0 atom stereocenters. The highest BCUT2D eigenvalue weighted by Crippen LogP contribution is 2.20. The van der Waals surface area contributed by atoms with Crippen LogP contribution in [0, 0.1) is 0 Å². The first-order chi connectivity index (χ1) is 7.79. The molecule has 0 unspecified atom stereocenters. The van der Waals surface area contributed by atoms with E-state index in [2.05, 4.69) is 23.7 Å². The zero-order valence-electron chi connectivity index (χ0n) is 9.13. The van der Waals surface area contributed by atoms with Crippen LogP contribution in [0.25, 0.3) is 0 Å². The van der Waals surface area contributed by atoms with E-state index in [1.165, 1.54) is 15.3 Å². The van der Waals surface area contributed by atoms with Gasteiger partial charge < -0.3 is 5.32 Å². The molecule has 0 bridgehead atoms. The van der Waals surface area contributed by atoms with Crippen molar-refractivity contribution in [1.29, 1.82) is 0 Å². The minimum absolute atomic E-state index is 0.840. The van der Waals surface area contributed by atoms with Gasteiger partial charge in [-0.2, -0.15) is 0 Å². The smallest absolute Gasteiger partial charge is 0.0516 e. The Morgan fingerprint density at radius 1 is 1.31 bits per heavy atom. The SMILES string of the molecule is CCc1ccsc1CNCc1cc(Cl)cs1. The van der Waals surface area contributed by atoms with Crippen molar-refractivity contribution in [2.24, 2.45) is 0 Å². The van der Waals surface area contributed by atoms with E-state index in [0.717, 1.165) is 24.5 Å². The zero-order chi connectivity index (χ0) is 11.4. The lowest BCUT2D eigenvalue weighted by atomic mass is 10.2. The van der Waals surface area contributed by atoms with Crippen LogP contribution in [0.2, 0.25) is 5.02 Å². The Labute approximate surface area is 109 Å². The maximum absolute atomic E-state index is 5.87. The fourth-order valence-electron chi connectivity index (χ4n) is 1.58. The van der Waals surface area contributed by atoms with Crippen LogP contribution in [-0.2, 0) is 19.5 Å². The molecule has 2 rings (SSSR count). The van der Waals surface area contributed by atoms with Crippen LogP contribution in [0.5, 0.6) is 0 Å². The Morgan fingerprint density at radius 3 is 2.88 bits per heavy atom. The summed E-state index contributed by atoms with van der Waals surface area (Å²) in [4.78, 5) is 2.74. The van der Waals surface area contributed by atoms with Gasteiger partial charge in [-0.15, -0.1) is 22.7 Å². The van der Waals surface area contributed by atoms with Gasteiger partial charge in [-0.25, -0.2) is 0 Å². The Bertz CT molecular complexity index is 447. The van der Waals surface area contributed by atoms with Crippen molar-refractivity contribution in [3.05, 3.63) is 43.2 Å². The summed E-state index contributed by atoms with van der Waals surface area (Å²) >= 11 is 9.41. The van der Waals surface area contributed by atoms with Crippen LogP contribution in [0.1, 0.15) is 22.2 Å². The fourth-order valence-corrected chi connectivity index (χ4v) is 3.57. The number of aryl methyl sites for hydroxylation is 1. The van der Waals surface area contributed by atoms with Gasteiger partial charge in [0.25, 0.3) is 0 Å². The number of thiophene rings is 2. The number of rotatable bonds is 5. The van der Waals surface area contributed by atoms with E-state index in [9.17, 15) is 0 Å². The van der Waals surface area contributed by atoms with Crippen molar-refractivity contribution in [2.45, 2.75) is 26.4 Å². The first-order valence-corrected chi connectivity index (χ1v) is 7.42. The van der Waals surface area contributed by atoms with Crippen molar-refractivity contribution in [1.82, 2.24) is 5.32 Å². The summed E-state index contributed by atoms with van der Waals surface area (Å²) in [5, 5.41) is 8.43. The molecular formula is C12H14ClNS2. The summed E-state index contributed by atoms with van der Waals surface area (Å²) in [5.74, 6) is 0. The van der Waals surface area contributed by atoms with Gasteiger partial charge in [0.15, 0.2) is 0 Å². The summed E-state index contributed by atoms with van der Waals surface area (Å²) in [6.45, 7) is 4.05. The van der Waals surface area contributed by atoms with Crippen LogP contribution in [0.15, 0.2) is 22.9 Å². The number of halogens is 1. The molecule has 4 heteroatoms. The molecule has 86 valence electrons. The molecule has 0 fully saturated rings. The normalized spacial score (nSPS) is 10.9. The molecule has 0 radical (unpaired) electrons. The molecule has 16 heavy (non-hydrogen) atoms. The van der Waals surface area contributed by atoms with E-state index >= 15 is 0 Å². The maximum atomic E-state index is 5.87. The molecule has 0 aliphatic heterocycles. The standard InChI is InChI=1S/C12H14ClNS2/c1-2-9-3-4-15-12(9)7-14-6-11-5-10(13)8-16-11/h3-5,8,14H,2,6-7H2,1H3. The third-order valence-electron chi connectivity index (χ3n) is 2.43. The van der Waals surface area contributed by atoms with Gasteiger partial charge >= 0.3 is 0 Å². The van der Waals surface area contributed by atoms with Crippen molar-refractivity contribution in [3.8, 4) is 0 Å². The highest BCUT2D eigenvalue weighted by molar-refractivity contribution is 7.10. The Hall–Kier alpha value is -0.350. The van der Waals surface area contributed by atoms with Crippen molar-refractivity contribution >= 4 is 34.3 Å². The Morgan fingerprint density at radius 2 is 2.19 bits per heavy atom. The second-order valence-electron chi connectivity index (χ2n) is 3.56. The molecule has 2 aromatic rings. The van der Waals surface area contributed by atoms with E-state index in [4.69, 9.17) is 11.6 Å². The highest BCUT2D eigenvalue weighted by atomic mass is 35.5. The second-order valence-corrected chi connectivity index (χ2v) is 5.99. The Balaban J connectivity index is 1.84. The molecule has 1 nitrogen and oxygen atoms in total. The third-order valence-corrected chi connectivity index (χ3v) is 4.67. The molecule has 0 amide bonds. The molecule has 2 heterocycles. The van der Waals surface area contributed by atoms with Crippen LogP contribution >= 0.6 is 34.3 Å². The number of nitrogens with one attached hydrogen (secondary N) is 1. The molecular weight excluding hydrogens is 258 g/mol. The maximum Gasteiger partial charge on any atom is 0.0516 e. The van der Waals surface area contributed by atoms with E-state index < -0.39 is 0 Å². The lowest BCUT2D eigenvalue weighted by molar-refractivity contribution is 0.704. The number of hydrogen-bond donors (Lipinski definition) is 1. The van der Waals surface area contributed by atoms with E-state index in [1.807, 2.05) is 22.8 Å². The van der Waals surface area contributed by atoms with Crippen molar-refractivity contribution in [3.63, 3.8) is 0 Å². The molecule has 0 aliphatic rings. The average Bonchev–Trinajstić information content (AvgIpc) is 2.87. The molecule has 0 saturated heterocycles. The molecule has 1 N–H and O–H groups in total. The van der Waals surface area contributed by atoms with Gasteiger partial charge in [-0.05, 0) is 29.5 Å². The molecule has 0 aromatic carbocycles. The molecule has 0 spiro atoms. The topological polar surface area (TPSA) is 12.0 Å². The van der Waals surface area contributed by atoms with E-state index in [1.54, 1.807) is 11.3 Å². The van der Waals surface area contributed by atoms with Crippen molar-refractivity contribution in [2.75, 3.05) is 0 Å². The molecule has 2 aromatic heterocycles. The first kappa shape index (κ1) is 12.1. The second kappa shape index (κ2) is 5.82. The predicted octanol–water partition coefficient (Wildman–Crippen LogP) is 4.32. The van der Waals surface area contributed by atoms with Crippen LogP contribution in [0.4, 0.5) is 0 Å². The summed E-state index contributed by atoms with van der Waals surface area (Å²) < 4.78 is 0. The molecule has 0 saturated carbocycles. The zero-order valence-corrected chi connectivity index (χ0v) is 11.5. The molecule has 0 aliphatic carbocycles. The summed E-state index contributed by atoms with van der Waals surface area (Å²) in [5.41, 5.74) is 1.46. The lowest BCUT2D eigenvalue weighted by Gasteiger charge is -2.03. The lowest BCUT2D eigenvalue weighted by Crippen LogP contribution is -2.11. The average molecular weight is 272 g/mol. The van der Waals surface area contributed by atoms with Gasteiger partial charge in [0.2, 0.25) is 0 Å². The van der Waals surface area contributed by atoms with Crippen LogP contribution < -0.4 is 5.32 Å². The largest absolute Gasteiger partial charge is 0.307 e. The van der Waals surface area contributed by atoms with Gasteiger partial charge in [-0.3, -0.25) is 0 Å². The van der Waals surface area contributed by atoms with Crippen LogP contribution in [0.3, 0.4) is 0 Å². The highest BCUT2D eigenvalue weighted by Gasteiger charge is 2.02. The first-order valence-electron chi connectivity index (χ1n) is 5.28. The van der Waals surface area contributed by atoms with Gasteiger partial charge in [0, 0.05) is 28.2 Å². The van der Waals surface area contributed by atoms with Gasteiger partial charge in [-0.1, -0.05) is 18.5 Å². The summed E-state index contributed by atoms with van der Waals surface area (Å²) in [6, 6.07) is 4.23. The quantitative estimate of drug-likeness (QED) is 0.854. The Kier molecular flexibility index (Phi) is 4.41.